The lowest BCUT2D eigenvalue weighted by molar-refractivity contribution is 0.122. The number of hydrazine groups is 1. The number of morpholine rings is 1. The topological polar surface area (TPSA) is 90.9 Å². The summed E-state index contributed by atoms with van der Waals surface area (Å²) >= 11 is 1.87. The van der Waals surface area contributed by atoms with Crippen molar-refractivity contribution in [1.82, 2.24) is 30.3 Å². The number of ether oxygens (including phenoxy) is 2. The van der Waals surface area contributed by atoms with E-state index < -0.39 is 5.82 Å². The minimum Gasteiger partial charge on any atom is -0.497 e. The van der Waals surface area contributed by atoms with Crippen molar-refractivity contribution in [2.24, 2.45) is 0 Å². The zero-order chi connectivity index (χ0) is 29.2. The van der Waals surface area contributed by atoms with Crippen molar-refractivity contribution >= 4 is 23.4 Å². The van der Waals surface area contributed by atoms with Gasteiger partial charge in [-0.2, -0.15) is 5.01 Å². The Bertz CT molecular complexity index is 1480. The molecular weight excluding hydrogens is 567 g/mol. The fourth-order valence-corrected chi connectivity index (χ4v) is 7.50. The number of nitrogens with zero attached hydrogens (tertiary/aromatic N) is 6. The molecule has 43 heavy (non-hydrogen) atoms. The standard InChI is InChI=1S/C31H35FN8O2S/c1-41-27-6-2-22(3-7-27)14-26-15-28-31(16-29(37-40(31)21-43-28)36-30-34-17-23(32)18-35-30)8-9-39(26)20-24-4-5-25(19-33-24)38-10-12-42-13-11-38/h2-7,15-19,26,37H,8-14,20-21H2,1H3,(H,34,35,36). The first-order chi connectivity index (χ1) is 21.1. The summed E-state index contributed by atoms with van der Waals surface area (Å²) in [7, 11) is 1.70. The Balaban J connectivity index is 1.15. The van der Waals surface area contributed by atoms with Gasteiger partial charge in [0.1, 0.15) is 11.6 Å². The van der Waals surface area contributed by atoms with Gasteiger partial charge in [-0.25, -0.2) is 14.4 Å². The summed E-state index contributed by atoms with van der Waals surface area (Å²) in [5.74, 6) is 2.38. The van der Waals surface area contributed by atoms with Gasteiger partial charge in [0, 0.05) is 37.1 Å². The van der Waals surface area contributed by atoms with Gasteiger partial charge in [0.2, 0.25) is 5.95 Å². The Labute approximate surface area is 255 Å². The predicted molar refractivity (Wildman–Crippen MR) is 165 cm³/mol. The van der Waals surface area contributed by atoms with Crippen LogP contribution in [0.3, 0.4) is 0 Å². The highest BCUT2D eigenvalue weighted by atomic mass is 32.2. The SMILES string of the molecule is COc1ccc(CC2C=C3SCN4NC(Nc5ncc(F)cn5)=CC34CCN2Cc2ccc(N3CCOCC3)cn2)cc1. The van der Waals surface area contributed by atoms with E-state index in [1.54, 1.807) is 7.11 Å². The Morgan fingerprint density at radius 3 is 2.63 bits per heavy atom. The van der Waals surface area contributed by atoms with Crippen LogP contribution in [0.15, 0.2) is 77.9 Å². The number of thioether (sulfide) groups is 1. The average Bonchev–Trinajstić information content (AvgIpc) is 3.51. The van der Waals surface area contributed by atoms with Crippen LogP contribution in [-0.4, -0.2) is 82.3 Å². The molecule has 4 aliphatic heterocycles. The molecule has 0 aliphatic carbocycles. The summed E-state index contributed by atoms with van der Waals surface area (Å²) in [5.41, 5.74) is 6.68. The Morgan fingerprint density at radius 2 is 1.88 bits per heavy atom. The number of pyridine rings is 1. The molecule has 2 atom stereocenters. The number of methoxy groups -OCH3 is 1. The van der Waals surface area contributed by atoms with E-state index in [-0.39, 0.29) is 11.6 Å². The third-order valence-electron chi connectivity index (χ3n) is 8.51. The molecule has 224 valence electrons. The number of benzene rings is 1. The molecule has 4 aliphatic rings. The van der Waals surface area contributed by atoms with Crippen LogP contribution in [0.4, 0.5) is 16.0 Å². The number of nitrogens with one attached hydrogen (secondary N) is 2. The van der Waals surface area contributed by atoms with Crippen molar-refractivity contribution < 1.29 is 13.9 Å². The van der Waals surface area contributed by atoms with Crippen LogP contribution in [0.25, 0.3) is 0 Å². The molecule has 0 bridgehead atoms. The third kappa shape index (κ3) is 5.92. The maximum atomic E-state index is 13.4. The summed E-state index contributed by atoms with van der Waals surface area (Å²) < 4.78 is 24.3. The third-order valence-corrected chi connectivity index (χ3v) is 9.70. The Kier molecular flexibility index (Phi) is 7.91. The summed E-state index contributed by atoms with van der Waals surface area (Å²) in [6.45, 7) is 4.93. The first-order valence-electron chi connectivity index (χ1n) is 14.6. The second-order valence-corrected chi connectivity index (χ2v) is 12.1. The highest BCUT2D eigenvalue weighted by Crippen LogP contribution is 2.49. The molecule has 0 saturated carbocycles. The first kappa shape index (κ1) is 28.1. The van der Waals surface area contributed by atoms with Crippen LogP contribution >= 0.6 is 11.8 Å². The summed E-state index contributed by atoms with van der Waals surface area (Å²) in [5, 5.41) is 5.50. The second-order valence-electron chi connectivity index (χ2n) is 11.1. The molecule has 0 radical (unpaired) electrons. The molecule has 2 aromatic heterocycles. The van der Waals surface area contributed by atoms with Gasteiger partial charge in [0.05, 0.1) is 61.7 Å². The van der Waals surface area contributed by atoms with Crippen molar-refractivity contribution in [2.45, 2.75) is 31.0 Å². The van der Waals surface area contributed by atoms with Crippen molar-refractivity contribution in [3.63, 3.8) is 0 Å². The molecule has 2 unspecified atom stereocenters. The fourth-order valence-electron chi connectivity index (χ4n) is 6.16. The van der Waals surface area contributed by atoms with Crippen molar-refractivity contribution in [3.8, 4) is 5.75 Å². The maximum absolute atomic E-state index is 13.4. The van der Waals surface area contributed by atoms with Gasteiger partial charge < -0.3 is 25.1 Å². The summed E-state index contributed by atoms with van der Waals surface area (Å²) in [4.78, 5) is 19.2. The maximum Gasteiger partial charge on any atom is 0.228 e. The van der Waals surface area contributed by atoms with E-state index >= 15 is 0 Å². The lowest BCUT2D eigenvalue weighted by Crippen LogP contribution is -2.46. The van der Waals surface area contributed by atoms with Crippen LogP contribution in [0, 0.1) is 5.82 Å². The molecule has 12 heteroatoms. The van der Waals surface area contributed by atoms with Crippen LogP contribution in [0.2, 0.25) is 0 Å². The van der Waals surface area contributed by atoms with Gasteiger partial charge >= 0.3 is 0 Å². The van der Waals surface area contributed by atoms with E-state index in [1.807, 2.05) is 30.1 Å². The fraction of sp³-hybridized carbons (Fsp3) is 0.387. The van der Waals surface area contributed by atoms with E-state index in [2.05, 4.69) is 71.9 Å². The largest absolute Gasteiger partial charge is 0.497 e. The number of halogens is 1. The monoisotopic (exact) mass is 602 g/mol. The van der Waals surface area contributed by atoms with Crippen LogP contribution in [0.5, 0.6) is 5.75 Å². The molecule has 1 aromatic carbocycles. The van der Waals surface area contributed by atoms with Crippen LogP contribution < -0.4 is 20.4 Å². The number of hydrogen-bond acceptors (Lipinski definition) is 11. The summed E-state index contributed by atoms with van der Waals surface area (Å²) in [6.07, 6.45) is 10.8. The lowest BCUT2D eigenvalue weighted by Gasteiger charge is -2.32. The zero-order valence-corrected chi connectivity index (χ0v) is 24.9. The van der Waals surface area contributed by atoms with Crippen molar-refractivity contribution in [3.05, 3.63) is 94.9 Å². The molecule has 2 saturated heterocycles. The Morgan fingerprint density at radius 1 is 1.07 bits per heavy atom. The van der Waals surface area contributed by atoms with Crippen molar-refractivity contribution in [2.75, 3.05) is 56.1 Å². The molecule has 1 spiro atoms. The molecular formula is C31H35FN8O2S. The highest BCUT2D eigenvalue weighted by molar-refractivity contribution is 8.03. The summed E-state index contributed by atoms with van der Waals surface area (Å²) in [6, 6.07) is 12.9. The predicted octanol–water partition coefficient (Wildman–Crippen LogP) is 3.77. The molecule has 2 fully saturated rings. The second kappa shape index (κ2) is 12.1. The van der Waals surface area contributed by atoms with E-state index in [1.165, 1.54) is 22.9 Å². The van der Waals surface area contributed by atoms with E-state index in [4.69, 9.17) is 14.5 Å². The van der Waals surface area contributed by atoms with Gasteiger partial charge in [0.25, 0.3) is 0 Å². The van der Waals surface area contributed by atoms with E-state index in [9.17, 15) is 4.39 Å². The Hall–Kier alpha value is -3.71. The molecule has 10 nitrogen and oxygen atoms in total. The van der Waals surface area contributed by atoms with Crippen LogP contribution in [-0.2, 0) is 17.7 Å². The first-order valence-corrected chi connectivity index (χ1v) is 15.6. The van der Waals surface area contributed by atoms with Gasteiger partial charge in [-0.05, 0) is 48.7 Å². The number of anilines is 2. The van der Waals surface area contributed by atoms with Gasteiger partial charge in [-0.3, -0.25) is 9.88 Å². The average molecular weight is 603 g/mol. The minimum absolute atomic E-state index is 0.182. The smallest absolute Gasteiger partial charge is 0.228 e. The highest BCUT2D eigenvalue weighted by Gasteiger charge is 2.50. The van der Waals surface area contributed by atoms with Crippen LogP contribution in [0.1, 0.15) is 17.7 Å². The molecule has 6 heterocycles. The van der Waals surface area contributed by atoms with Gasteiger partial charge in [-0.15, -0.1) is 11.8 Å². The number of aromatic nitrogens is 3. The zero-order valence-electron chi connectivity index (χ0n) is 24.1. The quantitative estimate of drug-likeness (QED) is 0.395. The number of rotatable bonds is 8. The van der Waals surface area contributed by atoms with Crippen molar-refractivity contribution in [1.29, 1.82) is 0 Å². The number of hydrogen-bond donors (Lipinski definition) is 2. The molecule has 7 rings (SSSR count). The van der Waals surface area contributed by atoms with Gasteiger partial charge in [0.15, 0.2) is 5.82 Å². The minimum atomic E-state index is -0.461. The van der Waals surface area contributed by atoms with E-state index in [0.29, 0.717) is 5.95 Å². The molecule has 2 N–H and O–H groups in total. The lowest BCUT2D eigenvalue weighted by atomic mass is 9.94. The van der Waals surface area contributed by atoms with Gasteiger partial charge in [-0.1, -0.05) is 18.2 Å². The van der Waals surface area contributed by atoms with E-state index in [0.717, 1.165) is 81.1 Å². The molecule has 0 amide bonds. The normalized spacial score (nSPS) is 24.0. The molecule has 3 aromatic rings.